The van der Waals surface area contributed by atoms with Gasteiger partial charge in [0.05, 0.1) is 12.0 Å². The second kappa shape index (κ2) is 7.98. The fourth-order valence-electron chi connectivity index (χ4n) is 2.05. The Balaban J connectivity index is 3.00. The van der Waals surface area contributed by atoms with Crippen LogP contribution in [0.5, 0.6) is 5.75 Å². The minimum atomic E-state index is -3.84. The summed E-state index contributed by atoms with van der Waals surface area (Å²) >= 11 is 0. The maximum absolute atomic E-state index is 12.5. The molecular weight excluding hydrogens is 330 g/mol. The minimum absolute atomic E-state index is 0.0700. The maximum atomic E-state index is 12.5. The lowest BCUT2D eigenvalue weighted by molar-refractivity contribution is -0.157. The average molecular weight is 357 g/mol. The lowest BCUT2D eigenvalue weighted by atomic mass is 10.0. The number of methoxy groups -OCH3 is 1. The lowest BCUT2D eigenvalue weighted by Gasteiger charge is -2.25. The van der Waals surface area contributed by atoms with E-state index in [1.807, 2.05) is 13.8 Å². The number of nitrogens with one attached hydrogen (secondary N) is 1. The summed E-state index contributed by atoms with van der Waals surface area (Å²) in [5, 5.41) is 0. The number of rotatable bonds is 7. The fraction of sp³-hybridized carbons (Fsp3) is 0.588. The van der Waals surface area contributed by atoms with Crippen molar-refractivity contribution in [1.29, 1.82) is 0 Å². The van der Waals surface area contributed by atoms with Gasteiger partial charge < -0.3 is 9.47 Å². The first-order valence-corrected chi connectivity index (χ1v) is 9.32. The molecule has 0 saturated heterocycles. The zero-order chi connectivity index (χ0) is 18.5. The largest absolute Gasteiger partial charge is 0.497 e. The summed E-state index contributed by atoms with van der Waals surface area (Å²) in [5.41, 5.74) is -0.683. The smallest absolute Gasteiger partial charge is 0.324 e. The van der Waals surface area contributed by atoms with E-state index in [9.17, 15) is 13.2 Å². The molecule has 6 nitrogen and oxygen atoms in total. The van der Waals surface area contributed by atoms with Crippen LogP contribution in [0, 0.1) is 5.92 Å². The van der Waals surface area contributed by atoms with E-state index in [1.54, 1.807) is 32.9 Å². The van der Waals surface area contributed by atoms with Crippen molar-refractivity contribution in [1.82, 2.24) is 4.72 Å². The Morgan fingerprint density at radius 2 is 1.71 bits per heavy atom. The molecule has 0 spiro atoms. The minimum Gasteiger partial charge on any atom is -0.497 e. The van der Waals surface area contributed by atoms with Gasteiger partial charge in [0.2, 0.25) is 10.0 Å². The van der Waals surface area contributed by atoms with Gasteiger partial charge in [0.25, 0.3) is 0 Å². The summed E-state index contributed by atoms with van der Waals surface area (Å²) in [4.78, 5) is 12.4. The van der Waals surface area contributed by atoms with Crippen LogP contribution in [-0.4, -0.2) is 33.1 Å². The Hall–Kier alpha value is -1.60. The van der Waals surface area contributed by atoms with Crippen molar-refractivity contribution in [3.8, 4) is 5.75 Å². The summed E-state index contributed by atoms with van der Waals surface area (Å²) in [6.07, 6.45) is 0.351. The molecule has 0 heterocycles. The summed E-state index contributed by atoms with van der Waals surface area (Å²) in [6, 6.07) is 5.04. The van der Waals surface area contributed by atoms with Crippen LogP contribution in [0.1, 0.15) is 41.0 Å². The lowest BCUT2D eigenvalue weighted by Crippen LogP contribution is -2.44. The van der Waals surface area contributed by atoms with E-state index in [4.69, 9.17) is 9.47 Å². The van der Waals surface area contributed by atoms with Crippen LogP contribution in [0.4, 0.5) is 0 Å². The molecule has 24 heavy (non-hydrogen) atoms. The van der Waals surface area contributed by atoms with Crippen molar-refractivity contribution in [2.24, 2.45) is 5.92 Å². The van der Waals surface area contributed by atoms with Crippen LogP contribution in [0.2, 0.25) is 0 Å². The number of esters is 1. The van der Waals surface area contributed by atoms with E-state index in [0.717, 1.165) is 0 Å². The van der Waals surface area contributed by atoms with E-state index >= 15 is 0 Å². The van der Waals surface area contributed by atoms with E-state index < -0.39 is 27.6 Å². The van der Waals surface area contributed by atoms with Crippen molar-refractivity contribution < 1.29 is 22.7 Å². The van der Waals surface area contributed by atoms with Gasteiger partial charge in [-0.25, -0.2) is 8.42 Å². The summed E-state index contributed by atoms with van der Waals surface area (Å²) in [7, 11) is -2.33. The van der Waals surface area contributed by atoms with Gasteiger partial charge in [0, 0.05) is 0 Å². The number of ether oxygens (including phenoxy) is 2. The van der Waals surface area contributed by atoms with Crippen molar-refractivity contribution >= 4 is 16.0 Å². The SMILES string of the molecule is COc1ccc(S(=O)(=O)N[C@@H](CC(C)C)C(=O)OC(C)(C)C)cc1. The molecule has 1 aromatic carbocycles. The van der Waals surface area contributed by atoms with Crippen molar-refractivity contribution in [3.63, 3.8) is 0 Å². The van der Waals surface area contributed by atoms with Crippen molar-refractivity contribution in [3.05, 3.63) is 24.3 Å². The number of hydrogen-bond acceptors (Lipinski definition) is 5. The molecule has 0 aliphatic rings. The highest BCUT2D eigenvalue weighted by Crippen LogP contribution is 2.18. The van der Waals surface area contributed by atoms with Gasteiger partial charge in [-0.3, -0.25) is 4.79 Å². The Labute approximate surface area is 144 Å². The van der Waals surface area contributed by atoms with Gasteiger partial charge in [0.1, 0.15) is 17.4 Å². The number of carbonyl (C=O) groups excluding carboxylic acids is 1. The first-order valence-electron chi connectivity index (χ1n) is 7.84. The summed E-state index contributed by atoms with van der Waals surface area (Å²) in [6.45, 7) is 9.07. The quantitative estimate of drug-likeness (QED) is 0.759. The van der Waals surface area contributed by atoms with Crippen LogP contribution in [0.25, 0.3) is 0 Å². The van der Waals surface area contributed by atoms with Gasteiger partial charge in [-0.15, -0.1) is 0 Å². The molecule has 0 saturated carbocycles. The number of hydrogen-bond donors (Lipinski definition) is 1. The summed E-state index contributed by atoms with van der Waals surface area (Å²) < 4.78 is 37.9. The first-order chi connectivity index (χ1) is 10.9. The molecule has 0 amide bonds. The molecule has 0 unspecified atom stereocenters. The molecular formula is C17H27NO5S. The van der Waals surface area contributed by atoms with Gasteiger partial charge in [-0.2, -0.15) is 4.72 Å². The molecule has 0 bridgehead atoms. The molecule has 0 aliphatic heterocycles. The third-order valence-corrected chi connectivity index (χ3v) is 4.55. The van der Waals surface area contributed by atoms with Crippen molar-refractivity contribution in [2.45, 2.75) is 57.6 Å². The molecule has 1 rings (SSSR count). The Kier molecular flexibility index (Phi) is 6.80. The van der Waals surface area contributed by atoms with E-state index in [0.29, 0.717) is 12.2 Å². The highest BCUT2D eigenvalue weighted by Gasteiger charge is 2.30. The molecule has 0 fully saturated rings. The number of carbonyl (C=O) groups is 1. The second-order valence-electron chi connectivity index (χ2n) is 7.01. The zero-order valence-corrected chi connectivity index (χ0v) is 15.9. The predicted molar refractivity (Wildman–Crippen MR) is 92.4 cm³/mol. The first kappa shape index (κ1) is 20.4. The predicted octanol–water partition coefficient (Wildman–Crippen LogP) is 2.73. The van der Waals surface area contributed by atoms with E-state index in [1.165, 1.54) is 19.2 Å². The Bertz CT molecular complexity index is 645. The van der Waals surface area contributed by atoms with Crippen LogP contribution in [-0.2, 0) is 19.6 Å². The van der Waals surface area contributed by atoms with Gasteiger partial charge in [-0.05, 0) is 57.4 Å². The monoisotopic (exact) mass is 357 g/mol. The van der Waals surface area contributed by atoms with Crippen molar-refractivity contribution in [2.75, 3.05) is 7.11 Å². The third-order valence-electron chi connectivity index (χ3n) is 3.07. The van der Waals surface area contributed by atoms with Gasteiger partial charge in [-0.1, -0.05) is 13.8 Å². The zero-order valence-electron chi connectivity index (χ0n) is 15.1. The van der Waals surface area contributed by atoms with Crippen LogP contribution >= 0.6 is 0 Å². The van der Waals surface area contributed by atoms with Gasteiger partial charge in [0.15, 0.2) is 0 Å². The Morgan fingerprint density at radius 1 is 1.17 bits per heavy atom. The van der Waals surface area contributed by atoms with E-state index in [-0.39, 0.29) is 10.8 Å². The Morgan fingerprint density at radius 3 is 2.12 bits per heavy atom. The number of benzene rings is 1. The highest BCUT2D eigenvalue weighted by atomic mass is 32.2. The molecule has 0 radical (unpaired) electrons. The molecule has 7 heteroatoms. The van der Waals surface area contributed by atoms with Crippen LogP contribution in [0.15, 0.2) is 29.2 Å². The summed E-state index contributed by atoms with van der Waals surface area (Å²) in [5.74, 6) is 0.106. The molecule has 1 N–H and O–H groups in total. The molecule has 1 atom stereocenters. The third kappa shape index (κ3) is 6.49. The molecule has 0 aromatic heterocycles. The normalized spacial score (nSPS) is 13.6. The topological polar surface area (TPSA) is 81.7 Å². The second-order valence-corrected chi connectivity index (χ2v) is 8.73. The standard InChI is InChI=1S/C17H27NO5S/c1-12(2)11-15(16(19)23-17(3,4)5)18-24(20,21)14-9-7-13(22-6)8-10-14/h7-10,12,15,18H,11H2,1-6H3/t15-/m0/s1. The van der Waals surface area contributed by atoms with E-state index in [2.05, 4.69) is 4.72 Å². The van der Waals surface area contributed by atoms with Crippen LogP contribution in [0.3, 0.4) is 0 Å². The molecule has 136 valence electrons. The maximum Gasteiger partial charge on any atom is 0.324 e. The molecule has 1 aromatic rings. The van der Waals surface area contributed by atoms with Gasteiger partial charge >= 0.3 is 5.97 Å². The number of sulfonamides is 1. The average Bonchev–Trinajstić information content (AvgIpc) is 2.44. The molecule has 0 aliphatic carbocycles. The van der Waals surface area contributed by atoms with Crippen LogP contribution < -0.4 is 9.46 Å². The highest BCUT2D eigenvalue weighted by molar-refractivity contribution is 7.89. The fourth-order valence-corrected chi connectivity index (χ4v) is 3.24.